The predicted molar refractivity (Wildman–Crippen MR) is 370 cm³/mol. The van der Waals surface area contributed by atoms with Crippen molar-refractivity contribution >= 4 is 70.9 Å². The van der Waals surface area contributed by atoms with E-state index < -0.39 is 86.6 Å². The number of carbonyl (C=O) groups is 4. The van der Waals surface area contributed by atoms with Crippen molar-refractivity contribution in [3.63, 3.8) is 0 Å². The third-order valence-corrected chi connectivity index (χ3v) is 20.6. The van der Waals surface area contributed by atoms with E-state index in [4.69, 9.17) is 18.9 Å². The molecule has 86 heavy (non-hydrogen) atoms. The number of rotatable bonds is 69. The van der Waals surface area contributed by atoms with E-state index >= 15 is 0 Å². The van der Waals surface area contributed by atoms with Crippen LogP contribution in [0.15, 0.2) is 0 Å². The summed E-state index contributed by atoms with van der Waals surface area (Å²) in [7, 11) is 0. The zero-order chi connectivity index (χ0) is 63.1. The van der Waals surface area contributed by atoms with Crippen molar-refractivity contribution in [3.05, 3.63) is 0 Å². The first-order chi connectivity index (χ1) is 41.9. The molecule has 0 amide bonds. The number of aliphatic hydroxyl groups excluding tert-OH is 2. The van der Waals surface area contributed by atoms with Crippen molar-refractivity contribution in [1.82, 2.24) is 0 Å². The maximum absolute atomic E-state index is 13.2. The third-order valence-electron chi connectivity index (χ3n) is 16.3. The zero-order valence-corrected chi connectivity index (χ0v) is 59.1. The van der Waals surface area contributed by atoms with Crippen molar-refractivity contribution in [1.29, 1.82) is 0 Å². The quantitative estimate of drug-likeness (QED) is 0.0256. The molecule has 0 aromatic rings. The molecule has 12 nitrogen and oxygen atoms in total. The largest absolute Gasteiger partial charge is 0.462 e. The first-order valence-corrected chi connectivity index (χ1v) is 40.2. The molecule has 0 aliphatic heterocycles. The van der Waals surface area contributed by atoms with Gasteiger partial charge in [0.15, 0.2) is 0 Å². The summed E-state index contributed by atoms with van der Waals surface area (Å²) in [5, 5.41) is 47.3. The number of unbranched alkanes of at least 4 members (excludes halogenated alkanes) is 36. The summed E-state index contributed by atoms with van der Waals surface area (Å²) in [6.45, 7) is 5.45. The lowest BCUT2D eigenvalue weighted by Crippen LogP contribution is -2.56. The summed E-state index contributed by atoms with van der Waals surface area (Å²) in [5.41, 5.74) is -4.41. The second-order valence-corrected chi connectivity index (χ2v) is 29.6. The van der Waals surface area contributed by atoms with E-state index in [-0.39, 0.29) is 25.7 Å². The van der Waals surface area contributed by atoms with Crippen LogP contribution in [0.1, 0.15) is 317 Å². The Labute approximate surface area is 545 Å². The smallest absolute Gasteiger partial charge is 0.306 e. The minimum absolute atomic E-state index is 0.0764. The van der Waals surface area contributed by atoms with Crippen LogP contribution in [0.4, 0.5) is 0 Å². The fourth-order valence-corrected chi connectivity index (χ4v) is 14.2. The maximum Gasteiger partial charge on any atom is 0.306 e. The summed E-state index contributed by atoms with van der Waals surface area (Å²) >= 11 is 6.69. The molecule has 0 heterocycles. The van der Waals surface area contributed by atoms with Crippen LogP contribution in [0, 0.1) is 5.92 Å². The fraction of sp³-hybridized carbons (Fsp3) is 0.943. The van der Waals surface area contributed by atoms with Crippen LogP contribution in [-0.4, -0.2) is 141 Å². The minimum atomic E-state index is -2.28. The summed E-state index contributed by atoms with van der Waals surface area (Å²) in [6.07, 6.45) is 48.1. The second kappa shape index (κ2) is 64.2. The minimum Gasteiger partial charge on any atom is -0.462 e. The van der Waals surface area contributed by atoms with Crippen molar-refractivity contribution in [2.24, 2.45) is 5.92 Å². The van der Waals surface area contributed by atoms with Crippen LogP contribution in [0.3, 0.4) is 0 Å². The lowest BCUT2D eigenvalue weighted by Gasteiger charge is -2.39. The van der Waals surface area contributed by atoms with Gasteiger partial charge in [0.1, 0.15) is 37.6 Å². The van der Waals surface area contributed by atoms with Crippen molar-refractivity contribution < 1.29 is 58.6 Å². The zero-order valence-electron chi connectivity index (χ0n) is 55.9. The molecule has 510 valence electrons. The van der Waals surface area contributed by atoms with Crippen molar-refractivity contribution in [3.8, 4) is 0 Å². The molecule has 0 fully saturated rings. The van der Waals surface area contributed by atoms with E-state index in [1.165, 1.54) is 205 Å². The molecule has 2 atom stereocenters. The van der Waals surface area contributed by atoms with Crippen LogP contribution < -0.4 is 0 Å². The normalized spacial score (nSPS) is 12.6. The van der Waals surface area contributed by atoms with E-state index in [2.05, 4.69) is 27.7 Å². The molecular formula is C70H134O12S4. The molecule has 0 saturated carbocycles. The Balaban J connectivity index is 5.76. The summed E-state index contributed by atoms with van der Waals surface area (Å²) in [5.74, 6) is 2.03. The summed E-state index contributed by atoms with van der Waals surface area (Å²) < 4.78 is 22.5. The number of hydrogen-bond donors (Lipinski definition) is 4. The number of carbonyl (C=O) groups excluding carboxylic acids is 4. The van der Waals surface area contributed by atoms with Crippen LogP contribution >= 0.6 is 47.0 Å². The number of hydrogen-bond acceptors (Lipinski definition) is 16. The molecule has 0 aliphatic carbocycles. The van der Waals surface area contributed by atoms with Crippen LogP contribution in [0.25, 0.3) is 0 Å². The molecule has 0 aromatic heterocycles. The van der Waals surface area contributed by atoms with Crippen molar-refractivity contribution in [2.75, 3.05) is 79.1 Å². The fourth-order valence-electron chi connectivity index (χ4n) is 10.5. The lowest BCUT2D eigenvalue weighted by atomic mass is 9.80. The van der Waals surface area contributed by atoms with Gasteiger partial charge >= 0.3 is 23.9 Å². The Morgan fingerprint density at radius 3 is 0.756 bits per heavy atom. The molecule has 0 saturated heterocycles. The van der Waals surface area contributed by atoms with Crippen LogP contribution in [0.5, 0.6) is 0 Å². The molecule has 0 spiro atoms. The third kappa shape index (κ3) is 55.9. The van der Waals surface area contributed by atoms with Gasteiger partial charge in [-0.2, -0.15) is 47.0 Å². The molecule has 0 bridgehead atoms. The Bertz CT molecular complexity index is 1420. The Morgan fingerprint density at radius 1 is 0.326 bits per heavy atom. The van der Waals surface area contributed by atoms with Crippen molar-refractivity contribution in [2.45, 2.75) is 334 Å². The van der Waals surface area contributed by atoms with E-state index in [1.807, 2.05) is 0 Å². The molecule has 0 aromatic carbocycles. The van der Waals surface area contributed by atoms with Gasteiger partial charge in [-0.15, -0.1) is 0 Å². The Kier molecular flexibility index (Phi) is 63.6. The molecule has 4 N–H and O–H groups in total. The lowest BCUT2D eigenvalue weighted by molar-refractivity contribution is -0.190. The predicted octanol–water partition coefficient (Wildman–Crippen LogP) is 18.2. The van der Waals surface area contributed by atoms with Gasteiger partial charge in [-0.3, -0.25) is 19.2 Å². The van der Waals surface area contributed by atoms with E-state index in [0.717, 1.165) is 74.4 Å². The molecular weight excluding hydrogens is 1160 g/mol. The first kappa shape index (κ1) is 85.1. The van der Waals surface area contributed by atoms with Gasteiger partial charge in [-0.05, 0) is 48.7 Å². The Morgan fingerprint density at radius 2 is 0.535 bits per heavy atom. The monoisotopic (exact) mass is 1290 g/mol. The van der Waals surface area contributed by atoms with Gasteiger partial charge in [-0.1, -0.05) is 259 Å². The van der Waals surface area contributed by atoms with Crippen LogP contribution in [-0.2, 0) is 38.1 Å². The standard InChI is InChI=1S/C70H134O12S4/c1-5-9-13-17-21-25-29-33-37-41-49-83-53-45-65(73)79-59-69(77,60-80-66(74)46-54-84-50-42-38-34-30-26-22-18-14-10-6-2)57-64(72)63(58-71)70(78,61-81-67(75)47-55-85-51-43-39-35-31-27-23-19-15-11-7-3)62-82-68(76)48-56-86-52-44-40-36-32-28-24-20-16-12-8-4/h63-64,71-72,77-78H,5-62H2,1-4H3. The Hall–Kier alpha value is -0.880. The van der Waals surface area contributed by atoms with E-state index in [0.29, 0.717) is 23.0 Å². The van der Waals surface area contributed by atoms with Gasteiger partial charge in [0.05, 0.1) is 38.4 Å². The number of aliphatic hydroxyl groups is 4. The van der Waals surface area contributed by atoms with Gasteiger partial charge < -0.3 is 39.4 Å². The summed E-state index contributed by atoms with van der Waals surface area (Å²) in [4.78, 5) is 52.6. The van der Waals surface area contributed by atoms with Gasteiger partial charge in [-0.25, -0.2) is 0 Å². The second-order valence-electron chi connectivity index (χ2n) is 24.7. The van der Waals surface area contributed by atoms with E-state index in [9.17, 15) is 39.6 Å². The highest BCUT2D eigenvalue weighted by atomic mass is 32.2. The highest BCUT2D eigenvalue weighted by Crippen LogP contribution is 2.30. The van der Waals surface area contributed by atoms with Gasteiger partial charge in [0.2, 0.25) is 0 Å². The highest BCUT2D eigenvalue weighted by Gasteiger charge is 2.46. The summed E-state index contributed by atoms with van der Waals surface area (Å²) in [6, 6.07) is 0. The number of thioether (sulfide) groups is 4. The van der Waals surface area contributed by atoms with Gasteiger partial charge in [0.25, 0.3) is 0 Å². The topological polar surface area (TPSA) is 186 Å². The highest BCUT2D eigenvalue weighted by molar-refractivity contribution is 7.99. The van der Waals surface area contributed by atoms with Crippen LogP contribution in [0.2, 0.25) is 0 Å². The number of esters is 4. The molecule has 2 unspecified atom stereocenters. The SMILES string of the molecule is CCCCCCCCCCCCSCCC(=O)OCC(O)(COC(=O)CCSCCCCCCCCCCCC)CC(O)C(CO)C(O)(COC(=O)CCSCCCCCCCCCCCC)COC(=O)CCSCCCCCCCCCCCC. The molecule has 0 rings (SSSR count). The van der Waals surface area contributed by atoms with Gasteiger partial charge in [0, 0.05) is 35.4 Å². The number of ether oxygens (including phenoxy) is 4. The average Bonchev–Trinajstić information content (AvgIpc) is 3.68. The molecule has 0 radical (unpaired) electrons. The maximum atomic E-state index is 13.2. The van der Waals surface area contributed by atoms with E-state index in [1.54, 1.807) is 47.0 Å². The first-order valence-electron chi connectivity index (χ1n) is 35.6. The average molecular weight is 1300 g/mol. The molecule has 0 aliphatic rings. The molecule has 16 heteroatoms.